The maximum Gasteiger partial charge on any atom is 0.153 e. The fraction of sp³-hybridized carbons (Fsp3) is 0.500. The number of likely N-dealkylation sites (tertiary alicyclic amines) is 1. The van der Waals surface area contributed by atoms with Crippen molar-refractivity contribution >= 4 is 29.1 Å². The number of hydrogen-bond donors (Lipinski definition) is 0. The van der Waals surface area contributed by atoms with Crippen LogP contribution in [0.4, 0.5) is 5.82 Å². The van der Waals surface area contributed by atoms with E-state index < -0.39 is 0 Å². The van der Waals surface area contributed by atoms with E-state index in [-0.39, 0.29) is 12.4 Å². The van der Waals surface area contributed by atoms with Crippen LogP contribution in [0.15, 0.2) is 42.6 Å². The number of fused-ring (bicyclic) bond motifs is 1. The first-order valence-corrected chi connectivity index (χ1v) is 11.7. The first kappa shape index (κ1) is 22.2. The van der Waals surface area contributed by atoms with E-state index in [1.165, 1.54) is 78.7 Å². The largest absolute Gasteiger partial charge is 0.355 e. The van der Waals surface area contributed by atoms with Crippen molar-refractivity contribution in [2.75, 3.05) is 31.1 Å². The van der Waals surface area contributed by atoms with Crippen molar-refractivity contribution in [1.82, 2.24) is 14.5 Å². The number of aryl methyl sites for hydroxylation is 1. The third-order valence-corrected chi connectivity index (χ3v) is 7.38. The summed E-state index contributed by atoms with van der Waals surface area (Å²) in [5, 5.41) is 1.35. The van der Waals surface area contributed by atoms with E-state index in [4.69, 9.17) is 4.98 Å². The van der Waals surface area contributed by atoms with E-state index >= 15 is 0 Å². The van der Waals surface area contributed by atoms with Crippen LogP contribution in [-0.4, -0.2) is 46.7 Å². The summed E-state index contributed by atoms with van der Waals surface area (Å²) in [6.45, 7) is 10.2. The number of nitrogens with zero attached hydrogens (tertiary/aromatic N) is 4. The fourth-order valence-corrected chi connectivity index (χ4v) is 5.50. The molecule has 4 nitrogen and oxygen atoms in total. The van der Waals surface area contributed by atoms with Gasteiger partial charge in [-0.15, -0.1) is 12.4 Å². The summed E-state index contributed by atoms with van der Waals surface area (Å²) in [6, 6.07) is 13.8. The Morgan fingerprint density at radius 1 is 0.903 bits per heavy atom. The van der Waals surface area contributed by atoms with Crippen molar-refractivity contribution in [3.63, 3.8) is 0 Å². The summed E-state index contributed by atoms with van der Waals surface area (Å²) in [6.07, 6.45) is 8.70. The number of pyridine rings is 1. The molecular formula is C26H35ClN4. The van der Waals surface area contributed by atoms with Crippen LogP contribution in [0.3, 0.4) is 0 Å². The smallest absolute Gasteiger partial charge is 0.153 e. The quantitative estimate of drug-likeness (QED) is 0.531. The number of aromatic nitrogens is 2. The molecule has 0 spiro atoms. The summed E-state index contributed by atoms with van der Waals surface area (Å²) in [7, 11) is 0. The van der Waals surface area contributed by atoms with E-state index in [1.54, 1.807) is 0 Å². The Balaban J connectivity index is 0.00000231. The molecule has 166 valence electrons. The minimum absolute atomic E-state index is 0. The van der Waals surface area contributed by atoms with Gasteiger partial charge in [-0.05, 0) is 69.8 Å². The molecule has 2 aliphatic heterocycles. The van der Waals surface area contributed by atoms with E-state index in [2.05, 4.69) is 64.6 Å². The van der Waals surface area contributed by atoms with E-state index in [0.29, 0.717) is 0 Å². The zero-order valence-corrected chi connectivity index (χ0v) is 19.7. The first-order valence-electron chi connectivity index (χ1n) is 11.7. The van der Waals surface area contributed by atoms with E-state index in [1.807, 2.05) is 6.20 Å². The summed E-state index contributed by atoms with van der Waals surface area (Å²) in [5.41, 5.74) is 5.39. The second-order valence-electron chi connectivity index (χ2n) is 9.13. The topological polar surface area (TPSA) is 24.3 Å². The van der Waals surface area contributed by atoms with Gasteiger partial charge in [0.25, 0.3) is 0 Å². The second kappa shape index (κ2) is 9.62. The number of anilines is 1. The molecule has 2 aromatic heterocycles. The molecule has 0 unspecified atom stereocenters. The molecule has 0 amide bonds. The highest BCUT2D eigenvalue weighted by atomic mass is 35.5. The molecular weight excluding hydrogens is 404 g/mol. The average Bonchev–Trinajstić information content (AvgIpc) is 3.05. The lowest BCUT2D eigenvalue weighted by Crippen LogP contribution is -2.47. The summed E-state index contributed by atoms with van der Waals surface area (Å²) in [4.78, 5) is 10.2. The molecule has 0 aliphatic carbocycles. The third-order valence-electron chi connectivity index (χ3n) is 7.38. The molecule has 5 heteroatoms. The van der Waals surface area contributed by atoms with Crippen molar-refractivity contribution in [2.45, 2.75) is 58.5 Å². The third kappa shape index (κ3) is 4.33. The van der Waals surface area contributed by atoms with Crippen LogP contribution in [0.25, 0.3) is 10.9 Å². The van der Waals surface area contributed by atoms with Crippen LogP contribution in [0, 0.1) is 13.8 Å². The van der Waals surface area contributed by atoms with Crippen LogP contribution in [0.2, 0.25) is 0 Å². The molecule has 4 heterocycles. The molecule has 5 rings (SSSR count). The van der Waals surface area contributed by atoms with Gasteiger partial charge in [0.05, 0.1) is 5.52 Å². The van der Waals surface area contributed by atoms with Crippen LogP contribution < -0.4 is 4.90 Å². The highest BCUT2D eigenvalue weighted by Gasteiger charge is 2.28. The molecule has 0 radical (unpaired) electrons. The highest BCUT2D eigenvalue weighted by molar-refractivity contribution is 5.93. The van der Waals surface area contributed by atoms with Gasteiger partial charge in [0, 0.05) is 43.0 Å². The maximum absolute atomic E-state index is 4.92. The predicted molar refractivity (Wildman–Crippen MR) is 133 cm³/mol. The Kier molecular flexibility index (Phi) is 6.88. The lowest BCUT2D eigenvalue weighted by Gasteiger charge is -2.40. The summed E-state index contributed by atoms with van der Waals surface area (Å²) >= 11 is 0. The Labute approximate surface area is 192 Å². The van der Waals surface area contributed by atoms with Crippen molar-refractivity contribution in [3.05, 3.63) is 59.4 Å². The van der Waals surface area contributed by atoms with Gasteiger partial charge in [0.2, 0.25) is 0 Å². The fourth-order valence-electron chi connectivity index (χ4n) is 5.50. The van der Waals surface area contributed by atoms with E-state index in [0.717, 1.165) is 25.7 Å². The first-order chi connectivity index (χ1) is 14.7. The lowest BCUT2D eigenvalue weighted by atomic mass is 10.00. The van der Waals surface area contributed by atoms with Gasteiger partial charge in [-0.2, -0.15) is 0 Å². The second-order valence-corrected chi connectivity index (χ2v) is 9.13. The molecule has 0 atom stereocenters. The van der Waals surface area contributed by atoms with Crippen LogP contribution in [-0.2, 0) is 6.54 Å². The molecule has 0 bridgehead atoms. The van der Waals surface area contributed by atoms with Gasteiger partial charge in [-0.3, -0.25) is 0 Å². The van der Waals surface area contributed by atoms with Gasteiger partial charge in [-0.1, -0.05) is 36.8 Å². The molecule has 2 aliphatic rings. The number of hydrogen-bond acceptors (Lipinski definition) is 3. The average molecular weight is 439 g/mol. The Bertz CT molecular complexity index is 999. The number of halogens is 1. The Morgan fingerprint density at radius 3 is 2.32 bits per heavy atom. The standard InChI is InChI=1S/C26H34N4.ClH/c1-20-21(2)30(19-22-9-5-3-6-10-22)25-24(20)11-14-27-26(25)29-17-12-23(13-18-29)28-15-7-4-8-16-28;/h3,5-6,9-11,14,23H,4,7-8,12-13,15-19H2,1-2H3;1H. The Hall–Kier alpha value is -2.04. The van der Waals surface area contributed by atoms with Crippen molar-refractivity contribution in [1.29, 1.82) is 0 Å². The maximum atomic E-state index is 4.92. The zero-order valence-electron chi connectivity index (χ0n) is 18.9. The van der Waals surface area contributed by atoms with Gasteiger partial charge in [-0.25, -0.2) is 4.98 Å². The molecule has 2 fully saturated rings. The molecule has 31 heavy (non-hydrogen) atoms. The van der Waals surface area contributed by atoms with Crippen LogP contribution in [0.1, 0.15) is 48.9 Å². The van der Waals surface area contributed by atoms with Crippen molar-refractivity contribution in [3.8, 4) is 0 Å². The normalized spacial score (nSPS) is 18.3. The van der Waals surface area contributed by atoms with Crippen LogP contribution >= 0.6 is 12.4 Å². The monoisotopic (exact) mass is 438 g/mol. The zero-order chi connectivity index (χ0) is 20.5. The van der Waals surface area contributed by atoms with Gasteiger partial charge in [0.15, 0.2) is 5.82 Å². The molecule has 2 saturated heterocycles. The minimum Gasteiger partial charge on any atom is -0.355 e. The molecule has 3 aromatic rings. The molecule has 1 aromatic carbocycles. The SMILES string of the molecule is Cc1c(C)n(Cc2ccccc2)c2c(N3CCC(N4CCCCC4)CC3)nccc12.Cl. The van der Waals surface area contributed by atoms with Crippen LogP contribution in [0.5, 0.6) is 0 Å². The van der Waals surface area contributed by atoms with E-state index in [9.17, 15) is 0 Å². The number of piperidine rings is 2. The van der Waals surface area contributed by atoms with Gasteiger partial charge in [0.1, 0.15) is 0 Å². The Morgan fingerprint density at radius 2 is 1.61 bits per heavy atom. The summed E-state index contributed by atoms with van der Waals surface area (Å²) in [5.74, 6) is 1.18. The van der Waals surface area contributed by atoms with Gasteiger partial charge >= 0.3 is 0 Å². The summed E-state index contributed by atoms with van der Waals surface area (Å²) < 4.78 is 2.49. The van der Waals surface area contributed by atoms with Crippen molar-refractivity contribution < 1.29 is 0 Å². The van der Waals surface area contributed by atoms with Crippen molar-refractivity contribution in [2.24, 2.45) is 0 Å². The number of benzene rings is 1. The predicted octanol–water partition coefficient (Wildman–Crippen LogP) is 5.58. The lowest BCUT2D eigenvalue weighted by molar-refractivity contribution is 0.141. The molecule has 0 saturated carbocycles. The highest BCUT2D eigenvalue weighted by Crippen LogP contribution is 2.34. The molecule has 0 N–H and O–H groups in total. The minimum atomic E-state index is 0. The number of rotatable bonds is 4. The van der Waals surface area contributed by atoms with Gasteiger partial charge < -0.3 is 14.4 Å².